The van der Waals surface area contributed by atoms with E-state index in [0.29, 0.717) is 0 Å². The molecule has 20 heteroatoms. The van der Waals surface area contributed by atoms with Crippen LogP contribution >= 0.6 is 11.3 Å². The number of thiophene rings is 1. The van der Waals surface area contributed by atoms with E-state index in [4.69, 9.17) is 34.4 Å². The quantitative estimate of drug-likeness (QED) is 0.386. The monoisotopic (exact) mass is 685 g/mol. The molecule has 4 rings (SSSR count). The van der Waals surface area contributed by atoms with Crippen molar-refractivity contribution in [3.8, 4) is 0 Å². The lowest BCUT2D eigenvalue weighted by molar-refractivity contribution is -0.193. The van der Waals surface area contributed by atoms with E-state index < -0.39 is 36.4 Å². The van der Waals surface area contributed by atoms with Gasteiger partial charge in [-0.3, -0.25) is 14.8 Å². The summed E-state index contributed by atoms with van der Waals surface area (Å²) in [5.74, 6) is -8.27. The number of hydrogen-bond acceptors (Lipinski definition) is 8. The first-order valence-electron chi connectivity index (χ1n) is 12.5. The molecule has 2 aromatic rings. The van der Waals surface area contributed by atoms with Crippen LogP contribution in [0.2, 0.25) is 0 Å². The van der Waals surface area contributed by atoms with E-state index in [1.165, 1.54) is 16.9 Å². The molecule has 4 heterocycles. The van der Waals surface area contributed by atoms with Gasteiger partial charge in [-0.05, 0) is 36.0 Å². The van der Waals surface area contributed by atoms with Crippen LogP contribution in [0, 0.1) is 5.41 Å². The Morgan fingerprint density at radius 1 is 0.822 bits per heavy atom. The highest BCUT2D eigenvalue weighted by Crippen LogP contribution is 2.34. The number of rotatable bonds is 4. The summed E-state index contributed by atoms with van der Waals surface area (Å²) in [5.41, 5.74) is 1.59. The Hall–Kier alpha value is -3.49. The molecule has 3 N–H and O–H groups in total. The number of pyridine rings is 1. The van der Waals surface area contributed by atoms with E-state index in [1.54, 1.807) is 0 Å². The summed E-state index contributed by atoms with van der Waals surface area (Å²) in [5, 5.41) is 23.5. The Morgan fingerprint density at radius 3 is 1.76 bits per heavy atom. The van der Waals surface area contributed by atoms with Gasteiger partial charge in [0.15, 0.2) is 0 Å². The molecule has 0 radical (unpaired) electrons. The third-order valence-corrected chi connectivity index (χ3v) is 6.71. The van der Waals surface area contributed by atoms with Crippen LogP contribution in [0.3, 0.4) is 0 Å². The smallest absolute Gasteiger partial charge is 0.475 e. The Balaban J connectivity index is 0.000000396. The van der Waals surface area contributed by atoms with Crippen molar-refractivity contribution in [3.05, 3.63) is 52.5 Å². The van der Waals surface area contributed by atoms with Crippen molar-refractivity contribution in [1.82, 2.24) is 14.8 Å². The van der Waals surface area contributed by atoms with Crippen molar-refractivity contribution in [2.75, 3.05) is 39.4 Å². The van der Waals surface area contributed by atoms with Crippen LogP contribution in [0.1, 0.15) is 16.9 Å². The van der Waals surface area contributed by atoms with Crippen LogP contribution in [0.15, 0.2) is 42.0 Å². The molecule has 0 bridgehead atoms. The van der Waals surface area contributed by atoms with Crippen LogP contribution in [0.25, 0.3) is 0 Å². The highest BCUT2D eigenvalue weighted by molar-refractivity contribution is 7.09. The molecule has 1 spiro atoms. The number of carboxylic acids is 3. The van der Waals surface area contributed by atoms with Gasteiger partial charge in [0.25, 0.3) is 0 Å². The Labute approximate surface area is 253 Å². The van der Waals surface area contributed by atoms with Crippen molar-refractivity contribution >= 4 is 29.2 Å². The zero-order valence-corrected chi connectivity index (χ0v) is 23.8. The second-order valence-electron chi connectivity index (χ2n) is 9.57. The largest absolute Gasteiger partial charge is 0.490 e. The summed E-state index contributed by atoms with van der Waals surface area (Å²) in [6, 6.07) is 8.59. The number of nitrogens with zero attached hydrogens (tertiary/aromatic N) is 3. The van der Waals surface area contributed by atoms with E-state index in [2.05, 4.69) is 38.4 Å². The molecule has 45 heavy (non-hydrogen) atoms. The fourth-order valence-electron chi connectivity index (χ4n) is 4.00. The highest BCUT2D eigenvalue weighted by atomic mass is 32.1. The summed E-state index contributed by atoms with van der Waals surface area (Å²) in [6.07, 6.45) is -10.2. The molecular weight excluding hydrogens is 657 g/mol. The van der Waals surface area contributed by atoms with Gasteiger partial charge in [-0.25, -0.2) is 14.4 Å². The minimum Gasteiger partial charge on any atom is -0.475 e. The first kappa shape index (κ1) is 39.5. The number of halogens is 9. The molecule has 2 aromatic heterocycles. The summed E-state index contributed by atoms with van der Waals surface area (Å²) in [6.45, 7) is 8.30. The van der Waals surface area contributed by atoms with Gasteiger partial charge in [0.2, 0.25) is 0 Å². The number of ether oxygens (including phenoxy) is 1. The van der Waals surface area contributed by atoms with E-state index in [9.17, 15) is 39.5 Å². The van der Waals surface area contributed by atoms with Crippen LogP contribution in [0.4, 0.5) is 39.5 Å². The van der Waals surface area contributed by atoms with E-state index in [-0.39, 0.29) is 5.41 Å². The normalized spacial score (nSPS) is 19.1. The number of aliphatic carboxylic acids is 3. The average molecular weight is 686 g/mol. The molecular formula is C25H28F9N3O7S. The van der Waals surface area contributed by atoms with Crippen molar-refractivity contribution in [2.45, 2.75) is 38.0 Å². The van der Waals surface area contributed by atoms with Gasteiger partial charge in [0.1, 0.15) is 0 Å². The van der Waals surface area contributed by atoms with Gasteiger partial charge in [0.05, 0.1) is 13.2 Å². The van der Waals surface area contributed by atoms with Crippen LogP contribution in [-0.4, -0.2) is 106 Å². The maximum absolute atomic E-state index is 10.6. The predicted molar refractivity (Wildman–Crippen MR) is 138 cm³/mol. The lowest BCUT2D eigenvalue weighted by atomic mass is 9.87. The Bertz CT molecular complexity index is 1140. The summed E-state index contributed by atoms with van der Waals surface area (Å²) >= 11 is 1.86. The van der Waals surface area contributed by atoms with Gasteiger partial charge in [-0.15, -0.1) is 11.3 Å². The summed E-state index contributed by atoms with van der Waals surface area (Å²) in [4.78, 5) is 37.5. The maximum atomic E-state index is 10.6. The van der Waals surface area contributed by atoms with E-state index in [0.717, 1.165) is 52.5 Å². The Kier molecular flexibility index (Phi) is 15.2. The van der Waals surface area contributed by atoms with Gasteiger partial charge < -0.3 is 20.1 Å². The zero-order chi connectivity index (χ0) is 34.5. The fraction of sp³-hybridized carbons (Fsp3) is 0.520. The predicted octanol–water partition coefficient (Wildman–Crippen LogP) is 4.77. The van der Waals surface area contributed by atoms with Crippen molar-refractivity contribution in [2.24, 2.45) is 5.41 Å². The van der Waals surface area contributed by atoms with Crippen LogP contribution < -0.4 is 0 Å². The first-order chi connectivity index (χ1) is 20.6. The summed E-state index contributed by atoms with van der Waals surface area (Å²) in [7, 11) is 0. The molecule has 0 saturated carbocycles. The third kappa shape index (κ3) is 15.9. The molecule has 1 unspecified atom stereocenters. The molecule has 10 nitrogen and oxygen atoms in total. The Morgan fingerprint density at radius 2 is 1.33 bits per heavy atom. The number of hydrogen-bond donors (Lipinski definition) is 3. The molecule has 2 aliphatic rings. The topological polar surface area (TPSA) is 140 Å². The molecule has 2 fully saturated rings. The molecule has 0 aromatic carbocycles. The molecule has 2 saturated heterocycles. The number of likely N-dealkylation sites (tertiary alicyclic amines) is 1. The van der Waals surface area contributed by atoms with E-state index in [1.807, 2.05) is 29.8 Å². The van der Waals surface area contributed by atoms with Gasteiger partial charge in [0, 0.05) is 55.4 Å². The number of aromatic nitrogens is 1. The second kappa shape index (κ2) is 17.3. The second-order valence-corrected chi connectivity index (χ2v) is 10.6. The zero-order valence-electron chi connectivity index (χ0n) is 23.0. The molecule has 2 aliphatic heterocycles. The SMILES string of the molecule is O=C(O)C(F)(F)F.O=C(O)C(F)(F)F.O=C(O)C(F)(F)F.c1cncc(CN2CCC3(COCCN(Cc4cccs4)C3)C2)c1. The molecule has 1 atom stereocenters. The molecule has 0 aliphatic carbocycles. The number of carbonyl (C=O) groups is 3. The van der Waals surface area contributed by atoms with Gasteiger partial charge in [-0.1, -0.05) is 12.1 Å². The first-order valence-corrected chi connectivity index (χ1v) is 13.4. The van der Waals surface area contributed by atoms with Crippen molar-refractivity contribution in [1.29, 1.82) is 0 Å². The maximum Gasteiger partial charge on any atom is 0.490 e. The number of alkyl halides is 9. The minimum absolute atomic E-state index is 0.288. The molecule has 254 valence electrons. The summed E-state index contributed by atoms with van der Waals surface area (Å²) < 4.78 is 101. The van der Waals surface area contributed by atoms with Crippen molar-refractivity contribution in [3.63, 3.8) is 0 Å². The van der Waals surface area contributed by atoms with E-state index >= 15 is 0 Å². The van der Waals surface area contributed by atoms with Crippen LogP contribution in [0.5, 0.6) is 0 Å². The van der Waals surface area contributed by atoms with Gasteiger partial charge >= 0.3 is 36.4 Å². The lowest BCUT2D eigenvalue weighted by Gasteiger charge is -2.31. The number of carboxylic acid groups (broad SMARTS) is 3. The fourth-order valence-corrected chi connectivity index (χ4v) is 4.74. The lowest BCUT2D eigenvalue weighted by Crippen LogP contribution is -2.40. The minimum atomic E-state index is -5.08. The average Bonchev–Trinajstić information content (AvgIpc) is 3.51. The highest BCUT2D eigenvalue weighted by Gasteiger charge is 2.41. The third-order valence-electron chi connectivity index (χ3n) is 5.85. The molecule has 0 amide bonds. The van der Waals surface area contributed by atoms with Crippen LogP contribution in [-0.2, 0) is 32.2 Å². The standard InChI is InChI=1S/C19H25N3OS.3C2HF3O2/c1-3-17(11-20-6-1)12-21-7-5-19(14-21)15-22(8-9-23-16-19)13-18-4-2-10-24-18;3*3-2(4,5)1(6)7/h1-4,6,10-11H,5,7-9,12-16H2;3*(H,6,7). The van der Waals surface area contributed by atoms with Gasteiger partial charge in [-0.2, -0.15) is 39.5 Å². The van der Waals surface area contributed by atoms with Crippen molar-refractivity contribution < 1.29 is 74.0 Å².